The van der Waals surface area contributed by atoms with Gasteiger partial charge >= 0.3 is 0 Å². The zero-order valence-electron chi connectivity index (χ0n) is 12.8. The Morgan fingerprint density at radius 3 is 2.76 bits per heavy atom. The zero-order valence-corrected chi connectivity index (χ0v) is 12.8. The van der Waals surface area contributed by atoms with Crippen molar-refractivity contribution in [1.82, 2.24) is 25.2 Å². The van der Waals surface area contributed by atoms with Crippen LogP contribution < -0.4 is 10.6 Å². The summed E-state index contributed by atoms with van der Waals surface area (Å²) in [5, 5.41) is 15.0. The Labute approximate surface area is 125 Å². The second-order valence-electron chi connectivity index (χ2n) is 4.93. The van der Waals surface area contributed by atoms with E-state index in [1.807, 2.05) is 28.8 Å². The molecular weight excluding hydrogens is 264 g/mol. The van der Waals surface area contributed by atoms with Gasteiger partial charge < -0.3 is 10.6 Å². The summed E-state index contributed by atoms with van der Waals surface area (Å²) in [6, 6.07) is 5.94. The van der Waals surface area contributed by atoms with E-state index in [1.54, 1.807) is 7.05 Å². The maximum absolute atomic E-state index is 4.23. The van der Waals surface area contributed by atoms with Crippen LogP contribution in [0.4, 0.5) is 0 Å². The lowest BCUT2D eigenvalue weighted by Crippen LogP contribution is -2.38. The number of unbranched alkanes of at least 4 members (excludes halogenated alkanes) is 1. The van der Waals surface area contributed by atoms with Crippen LogP contribution >= 0.6 is 0 Å². The maximum atomic E-state index is 4.23. The molecule has 2 N–H and O–H groups in total. The average Bonchev–Trinajstić information content (AvgIpc) is 2.93. The molecule has 0 amide bonds. The summed E-state index contributed by atoms with van der Waals surface area (Å²) >= 11 is 0. The molecular formula is C15H24N6. The minimum atomic E-state index is 0.869. The molecule has 0 aromatic carbocycles. The van der Waals surface area contributed by atoms with Crippen molar-refractivity contribution in [2.75, 3.05) is 20.1 Å². The molecule has 0 bridgehead atoms. The molecule has 0 unspecified atom stereocenters. The van der Waals surface area contributed by atoms with Crippen LogP contribution in [0.2, 0.25) is 0 Å². The molecule has 6 heteroatoms. The first kappa shape index (κ1) is 15.3. The molecule has 0 saturated heterocycles. The second-order valence-corrected chi connectivity index (χ2v) is 4.93. The Morgan fingerprint density at radius 2 is 2.00 bits per heavy atom. The topological polar surface area (TPSA) is 66.6 Å². The van der Waals surface area contributed by atoms with Crippen LogP contribution in [0.25, 0.3) is 5.65 Å². The number of guanidine groups is 1. The van der Waals surface area contributed by atoms with E-state index >= 15 is 0 Å². The number of fused-ring (bicyclic) bond motifs is 1. The molecule has 0 atom stereocenters. The average molecular weight is 288 g/mol. The maximum Gasteiger partial charge on any atom is 0.190 e. The van der Waals surface area contributed by atoms with E-state index in [0.29, 0.717) is 0 Å². The quantitative estimate of drug-likeness (QED) is 0.462. The number of nitrogens with zero attached hydrogens (tertiary/aromatic N) is 4. The van der Waals surface area contributed by atoms with Crippen molar-refractivity contribution in [3.8, 4) is 0 Å². The molecule has 0 aliphatic carbocycles. The van der Waals surface area contributed by atoms with Gasteiger partial charge in [0, 0.05) is 32.8 Å². The lowest BCUT2D eigenvalue weighted by molar-refractivity contribution is 0.697. The largest absolute Gasteiger partial charge is 0.356 e. The molecule has 2 heterocycles. The minimum Gasteiger partial charge on any atom is -0.356 e. The minimum absolute atomic E-state index is 0.869. The molecule has 6 nitrogen and oxygen atoms in total. The molecule has 0 aliphatic rings. The lowest BCUT2D eigenvalue weighted by Gasteiger charge is -2.11. The van der Waals surface area contributed by atoms with Crippen molar-refractivity contribution in [3.05, 3.63) is 30.2 Å². The highest BCUT2D eigenvalue weighted by molar-refractivity contribution is 5.79. The predicted molar refractivity (Wildman–Crippen MR) is 85.6 cm³/mol. The number of hydrogen-bond acceptors (Lipinski definition) is 3. The molecule has 2 aromatic heterocycles. The summed E-state index contributed by atoms with van der Waals surface area (Å²) in [4.78, 5) is 4.21. The van der Waals surface area contributed by atoms with E-state index in [2.05, 4.69) is 32.7 Å². The fourth-order valence-corrected chi connectivity index (χ4v) is 2.12. The first-order valence-corrected chi connectivity index (χ1v) is 7.58. The van der Waals surface area contributed by atoms with E-state index in [-0.39, 0.29) is 0 Å². The monoisotopic (exact) mass is 288 g/mol. The van der Waals surface area contributed by atoms with Gasteiger partial charge in [0.1, 0.15) is 5.82 Å². The lowest BCUT2D eigenvalue weighted by atomic mass is 10.3. The first-order valence-electron chi connectivity index (χ1n) is 7.58. The van der Waals surface area contributed by atoms with Crippen LogP contribution in [-0.2, 0) is 6.42 Å². The van der Waals surface area contributed by atoms with Gasteiger partial charge in [-0.2, -0.15) is 0 Å². The predicted octanol–water partition coefficient (Wildman–Crippen LogP) is 1.63. The van der Waals surface area contributed by atoms with Gasteiger partial charge in [-0.15, -0.1) is 10.2 Å². The number of pyridine rings is 1. The van der Waals surface area contributed by atoms with Gasteiger partial charge in [0.2, 0.25) is 0 Å². The Hall–Kier alpha value is -2.11. The van der Waals surface area contributed by atoms with Crippen molar-refractivity contribution in [2.45, 2.75) is 32.6 Å². The Bertz CT molecular complexity index is 574. The molecule has 114 valence electrons. The SMILES string of the molecule is CCCCNC(=NC)NCCCc1nnc2ccccn12. The van der Waals surface area contributed by atoms with Crippen LogP contribution in [0, 0.1) is 0 Å². The summed E-state index contributed by atoms with van der Waals surface area (Å²) in [5.41, 5.74) is 0.900. The normalized spacial score (nSPS) is 11.8. The van der Waals surface area contributed by atoms with E-state index in [4.69, 9.17) is 0 Å². The Kier molecular flexibility index (Phi) is 5.99. The van der Waals surface area contributed by atoms with Gasteiger partial charge in [0.15, 0.2) is 11.6 Å². The van der Waals surface area contributed by atoms with Crippen molar-refractivity contribution in [1.29, 1.82) is 0 Å². The number of rotatable bonds is 7. The molecule has 21 heavy (non-hydrogen) atoms. The smallest absolute Gasteiger partial charge is 0.190 e. The molecule has 2 rings (SSSR count). The van der Waals surface area contributed by atoms with Gasteiger partial charge in [0.05, 0.1) is 0 Å². The third-order valence-corrected chi connectivity index (χ3v) is 3.30. The van der Waals surface area contributed by atoms with Crippen LogP contribution in [0.15, 0.2) is 29.4 Å². The van der Waals surface area contributed by atoms with Crippen molar-refractivity contribution >= 4 is 11.6 Å². The fourth-order valence-electron chi connectivity index (χ4n) is 2.12. The summed E-state index contributed by atoms with van der Waals surface area (Å²) in [6.45, 7) is 4.01. The number of aromatic nitrogens is 3. The molecule has 0 saturated carbocycles. The molecule has 0 radical (unpaired) electrons. The van der Waals surface area contributed by atoms with Crippen LogP contribution in [0.1, 0.15) is 32.0 Å². The molecule has 0 fully saturated rings. The third kappa shape index (κ3) is 4.44. The van der Waals surface area contributed by atoms with Gasteiger partial charge in [-0.05, 0) is 25.0 Å². The standard InChI is InChI=1S/C15H24N6/c1-3-4-10-17-15(16-2)18-11-7-9-14-20-19-13-8-5-6-12-21(13)14/h5-6,8,12H,3-4,7,9-11H2,1-2H3,(H2,16,17,18). The van der Waals surface area contributed by atoms with E-state index in [0.717, 1.165) is 49.8 Å². The number of aliphatic imine (C=N–C) groups is 1. The van der Waals surface area contributed by atoms with E-state index < -0.39 is 0 Å². The van der Waals surface area contributed by atoms with E-state index in [1.165, 1.54) is 6.42 Å². The van der Waals surface area contributed by atoms with Gasteiger partial charge in [-0.3, -0.25) is 9.39 Å². The fraction of sp³-hybridized carbons (Fsp3) is 0.533. The second kappa shape index (κ2) is 8.24. The summed E-state index contributed by atoms with van der Waals surface area (Å²) in [5.74, 6) is 1.87. The number of nitrogens with one attached hydrogen (secondary N) is 2. The van der Waals surface area contributed by atoms with Crippen molar-refractivity contribution in [3.63, 3.8) is 0 Å². The van der Waals surface area contributed by atoms with Gasteiger partial charge in [-0.1, -0.05) is 19.4 Å². The highest BCUT2D eigenvalue weighted by Crippen LogP contribution is 2.04. The number of hydrogen-bond donors (Lipinski definition) is 2. The van der Waals surface area contributed by atoms with Crippen LogP contribution in [0.5, 0.6) is 0 Å². The summed E-state index contributed by atoms with van der Waals surface area (Å²) in [6.07, 6.45) is 6.23. The third-order valence-electron chi connectivity index (χ3n) is 3.30. The zero-order chi connectivity index (χ0) is 14.9. The molecule has 0 aliphatic heterocycles. The first-order chi connectivity index (χ1) is 10.3. The highest BCUT2D eigenvalue weighted by atomic mass is 15.2. The van der Waals surface area contributed by atoms with E-state index in [9.17, 15) is 0 Å². The van der Waals surface area contributed by atoms with Crippen LogP contribution in [0.3, 0.4) is 0 Å². The van der Waals surface area contributed by atoms with Crippen LogP contribution in [-0.4, -0.2) is 40.7 Å². The molecule has 2 aromatic rings. The molecule has 0 spiro atoms. The summed E-state index contributed by atoms with van der Waals surface area (Å²) < 4.78 is 2.04. The Balaban J connectivity index is 1.74. The highest BCUT2D eigenvalue weighted by Gasteiger charge is 2.04. The number of aryl methyl sites for hydroxylation is 1. The van der Waals surface area contributed by atoms with Crippen molar-refractivity contribution in [2.24, 2.45) is 4.99 Å². The van der Waals surface area contributed by atoms with Gasteiger partial charge in [-0.25, -0.2) is 0 Å². The van der Waals surface area contributed by atoms with Crippen molar-refractivity contribution < 1.29 is 0 Å². The Morgan fingerprint density at radius 1 is 1.19 bits per heavy atom. The summed E-state index contributed by atoms with van der Waals surface area (Å²) in [7, 11) is 1.80. The van der Waals surface area contributed by atoms with Gasteiger partial charge in [0.25, 0.3) is 0 Å².